The zero-order chi connectivity index (χ0) is 14.7. The maximum Gasteiger partial charge on any atom is 0.292 e. The molecule has 0 aromatic heterocycles. The molecule has 0 radical (unpaired) electrons. The van der Waals surface area contributed by atoms with E-state index in [1.807, 2.05) is 51.1 Å². The van der Waals surface area contributed by atoms with Gasteiger partial charge in [0.2, 0.25) is 0 Å². The Kier molecular flexibility index (Phi) is 4.03. The molecule has 0 heterocycles. The highest BCUT2D eigenvalue weighted by atomic mass is 16.6. The van der Waals surface area contributed by atoms with Crippen LogP contribution in [-0.4, -0.2) is 4.92 Å². The number of nitrogens with zero attached hydrogens (tertiary/aromatic N) is 1. The number of nitro groups is 1. The first-order valence-corrected chi connectivity index (χ1v) is 6.53. The maximum absolute atomic E-state index is 11.2. The Morgan fingerprint density at radius 3 is 2.45 bits per heavy atom. The first kappa shape index (κ1) is 14.1. The van der Waals surface area contributed by atoms with Crippen LogP contribution in [0.1, 0.15) is 22.3 Å². The summed E-state index contributed by atoms with van der Waals surface area (Å²) in [6.45, 7) is 6.37. The van der Waals surface area contributed by atoms with E-state index in [0.29, 0.717) is 12.2 Å². The van der Waals surface area contributed by atoms with Gasteiger partial charge in [0, 0.05) is 12.6 Å². The second-order valence-corrected chi connectivity index (χ2v) is 5.01. The van der Waals surface area contributed by atoms with Gasteiger partial charge in [0.25, 0.3) is 5.69 Å². The van der Waals surface area contributed by atoms with Crippen molar-refractivity contribution in [2.24, 2.45) is 0 Å². The summed E-state index contributed by atoms with van der Waals surface area (Å²) >= 11 is 0. The normalized spacial score (nSPS) is 10.3. The highest BCUT2D eigenvalue weighted by molar-refractivity contribution is 5.67. The number of anilines is 1. The number of hydrogen-bond acceptors (Lipinski definition) is 3. The Bertz CT molecular complexity index is 651. The van der Waals surface area contributed by atoms with Crippen molar-refractivity contribution < 1.29 is 4.92 Å². The molecule has 20 heavy (non-hydrogen) atoms. The monoisotopic (exact) mass is 270 g/mol. The van der Waals surface area contributed by atoms with Gasteiger partial charge in [-0.15, -0.1) is 0 Å². The smallest absolute Gasteiger partial charge is 0.292 e. The van der Waals surface area contributed by atoms with E-state index in [1.165, 1.54) is 5.56 Å². The van der Waals surface area contributed by atoms with Crippen molar-refractivity contribution in [3.8, 4) is 0 Å². The number of hydrogen-bond donors (Lipinski definition) is 1. The molecule has 2 aromatic carbocycles. The number of benzene rings is 2. The summed E-state index contributed by atoms with van der Waals surface area (Å²) in [6.07, 6.45) is 0. The van der Waals surface area contributed by atoms with Crippen molar-refractivity contribution in [1.82, 2.24) is 0 Å². The summed E-state index contributed by atoms with van der Waals surface area (Å²) < 4.78 is 0. The number of aryl methyl sites for hydroxylation is 3. The zero-order valence-corrected chi connectivity index (χ0v) is 11.9. The van der Waals surface area contributed by atoms with Gasteiger partial charge in [0.05, 0.1) is 4.92 Å². The fourth-order valence-electron chi connectivity index (χ4n) is 2.31. The van der Waals surface area contributed by atoms with E-state index < -0.39 is 0 Å². The van der Waals surface area contributed by atoms with Crippen LogP contribution in [0.5, 0.6) is 0 Å². The van der Waals surface area contributed by atoms with Crippen LogP contribution in [0.2, 0.25) is 0 Å². The summed E-state index contributed by atoms with van der Waals surface area (Å²) in [4.78, 5) is 10.8. The van der Waals surface area contributed by atoms with Crippen LogP contribution in [0, 0.1) is 30.9 Å². The third-order valence-electron chi connectivity index (χ3n) is 3.37. The van der Waals surface area contributed by atoms with E-state index >= 15 is 0 Å². The average Bonchev–Trinajstić information content (AvgIpc) is 2.38. The second-order valence-electron chi connectivity index (χ2n) is 5.01. The molecule has 0 saturated heterocycles. The summed E-state index contributed by atoms with van der Waals surface area (Å²) in [5, 5.41) is 14.4. The molecule has 0 aliphatic carbocycles. The third kappa shape index (κ3) is 2.96. The van der Waals surface area contributed by atoms with Crippen molar-refractivity contribution in [1.29, 1.82) is 0 Å². The highest BCUT2D eigenvalue weighted by Crippen LogP contribution is 2.30. The Morgan fingerprint density at radius 2 is 1.80 bits per heavy atom. The molecular formula is C16H18N2O2. The number of nitrogens with one attached hydrogen (secondary N) is 1. The van der Waals surface area contributed by atoms with Crippen molar-refractivity contribution >= 4 is 11.4 Å². The van der Waals surface area contributed by atoms with Gasteiger partial charge in [-0.1, -0.05) is 30.3 Å². The lowest BCUT2D eigenvalue weighted by atomic mass is 10.1. The summed E-state index contributed by atoms with van der Waals surface area (Å²) in [6, 6.07) is 11.6. The van der Waals surface area contributed by atoms with Gasteiger partial charge < -0.3 is 5.32 Å². The molecule has 0 aliphatic heterocycles. The predicted molar refractivity (Wildman–Crippen MR) is 81.1 cm³/mol. The quantitative estimate of drug-likeness (QED) is 0.671. The minimum Gasteiger partial charge on any atom is -0.375 e. The van der Waals surface area contributed by atoms with Crippen LogP contribution >= 0.6 is 0 Å². The molecule has 104 valence electrons. The van der Waals surface area contributed by atoms with Crippen LogP contribution in [0.25, 0.3) is 0 Å². The topological polar surface area (TPSA) is 55.2 Å². The summed E-state index contributed by atoms with van der Waals surface area (Å²) in [5.41, 5.74) is 4.84. The maximum atomic E-state index is 11.2. The molecule has 0 spiro atoms. The molecule has 1 N–H and O–H groups in total. The molecule has 4 heteroatoms. The van der Waals surface area contributed by atoms with Gasteiger partial charge in [-0.2, -0.15) is 0 Å². The number of nitro benzene ring substituents is 1. The fraction of sp³-hybridized carbons (Fsp3) is 0.250. The van der Waals surface area contributed by atoms with Crippen molar-refractivity contribution in [3.63, 3.8) is 0 Å². The molecule has 4 nitrogen and oxygen atoms in total. The van der Waals surface area contributed by atoms with Crippen LogP contribution in [-0.2, 0) is 6.54 Å². The third-order valence-corrected chi connectivity index (χ3v) is 3.37. The lowest BCUT2D eigenvalue weighted by molar-refractivity contribution is -0.384. The van der Waals surface area contributed by atoms with E-state index in [9.17, 15) is 10.1 Å². The minimum absolute atomic E-state index is 0.135. The molecule has 0 aliphatic rings. The van der Waals surface area contributed by atoms with Crippen molar-refractivity contribution in [2.45, 2.75) is 27.3 Å². The van der Waals surface area contributed by atoms with Crippen LogP contribution in [0.4, 0.5) is 11.4 Å². The molecule has 0 atom stereocenters. The van der Waals surface area contributed by atoms with Gasteiger partial charge in [-0.3, -0.25) is 10.1 Å². The predicted octanol–water partition coefficient (Wildman–Crippen LogP) is 4.13. The van der Waals surface area contributed by atoms with Crippen molar-refractivity contribution in [2.75, 3.05) is 5.32 Å². The Labute approximate surface area is 118 Å². The lowest BCUT2D eigenvalue weighted by Gasteiger charge is -2.12. The molecule has 0 bridgehead atoms. The van der Waals surface area contributed by atoms with E-state index in [-0.39, 0.29) is 10.6 Å². The average molecular weight is 270 g/mol. The molecule has 0 fully saturated rings. The zero-order valence-electron chi connectivity index (χ0n) is 11.9. The molecule has 0 amide bonds. The minimum atomic E-state index is -0.333. The molecule has 0 unspecified atom stereocenters. The summed E-state index contributed by atoms with van der Waals surface area (Å²) in [7, 11) is 0. The molecule has 2 rings (SSSR count). The molecule has 2 aromatic rings. The van der Waals surface area contributed by atoms with E-state index in [4.69, 9.17) is 0 Å². The summed E-state index contributed by atoms with van der Waals surface area (Å²) in [5.74, 6) is 0. The SMILES string of the molecule is Cc1cc(C)c(NCc2ccccc2C)c([N+](=O)[O-])c1. The van der Waals surface area contributed by atoms with Crippen molar-refractivity contribution in [3.05, 3.63) is 68.8 Å². The van der Waals surface area contributed by atoms with E-state index in [1.54, 1.807) is 6.07 Å². The fourth-order valence-corrected chi connectivity index (χ4v) is 2.31. The van der Waals surface area contributed by atoms with E-state index in [2.05, 4.69) is 5.32 Å². The van der Waals surface area contributed by atoms with Crippen LogP contribution in [0.3, 0.4) is 0 Å². The largest absolute Gasteiger partial charge is 0.375 e. The van der Waals surface area contributed by atoms with Gasteiger partial charge in [0.15, 0.2) is 0 Å². The number of rotatable bonds is 4. The molecular weight excluding hydrogens is 252 g/mol. The standard InChI is InChI=1S/C16H18N2O2/c1-11-8-13(3)16(15(9-11)18(19)20)17-10-14-7-5-4-6-12(14)2/h4-9,17H,10H2,1-3H3. The van der Waals surface area contributed by atoms with Gasteiger partial charge >= 0.3 is 0 Å². The van der Waals surface area contributed by atoms with Gasteiger partial charge in [0.1, 0.15) is 5.69 Å². The highest BCUT2D eigenvalue weighted by Gasteiger charge is 2.16. The Hall–Kier alpha value is -2.36. The Balaban J connectivity index is 2.30. The second kappa shape index (κ2) is 5.74. The molecule has 0 saturated carbocycles. The first-order chi connectivity index (χ1) is 9.49. The van der Waals surface area contributed by atoms with Gasteiger partial charge in [-0.05, 0) is 43.0 Å². The first-order valence-electron chi connectivity index (χ1n) is 6.53. The lowest BCUT2D eigenvalue weighted by Crippen LogP contribution is -2.06. The van der Waals surface area contributed by atoms with E-state index in [0.717, 1.165) is 16.7 Å². The Morgan fingerprint density at radius 1 is 1.10 bits per heavy atom. The van der Waals surface area contributed by atoms with Crippen LogP contribution < -0.4 is 5.32 Å². The van der Waals surface area contributed by atoms with Gasteiger partial charge in [-0.25, -0.2) is 0 Å². The van der Waals surface area contributed by atoms with Crippen LogP contribution in [0.15, 0.2) is 36.4 Å².